The smallest absolute Gasteiger partial charge is 0.161 e. The first-order valence-electron chi connectivity index (χ1n) is 7.03. The molecule has 1 aliphatic rings. The van der Waals surface area contributed by atoms with Crippen molar-refractivity contribution in [3.05, 3.63) is 51.7 Å². The minimum atomic E-state index is 0.0475. The summed E-state index contributed by atoms with van der Waals surface area (Å²) in [5.41, 5.74) is 2.21. The van der Waals surface area contributed by atoms with Gasteiger partial charge < -0.3 is 4.90 Å². The summed E-state index contributed by atoms with van der Waals surface area (Å²) < 4.78 is 0. The number of nitrogens with zero attached hydrogens (tertiary/aromatic N) is 2. The van der Waals surface area contributed by atoms with E-state index in [0.29, 0.717) is 17.2 Å². The van der Waals surface area contributed by atoms with E-state index in [-0.39, 0.29) is 5.78 Å². The Kier molecular flexibility index (Phi) is 3.76. The molecule has 1 fully saturated rings. The lowest BCUT2D eigenvalue weighted by Crippen LogP contribution is -2.26. The van der Waals surface area contributed by atoms with Crippen LogP contribution in [0.15, 0.2) is 35.7 Å². The number of thiophene rings is 1. The fraction of sp³-hybridized carbons (Fsp3) is 0.294. The van der Waals surface area contributed by atoms with Gasteiger partial charge >= 0.3 is 0 Å². The van der Waals surface area contributed by atoms with Crippen molar-refractivity contribution in [1.82, 2.24) is 0 Å². The maximum atomic E-state index is 11.9. The van der Waals surface area contributed by atoms with Gasteiger partial charge in [0.25, 0.3) is 0 Å². The monoisotopic (exact) mass is 296 g/mol. The molecule has 21 heavy (non-hydrogen) atoms. The van der Waals surface area contributed by atoms with Gasteiger partial charge in [-0.25, -0.2) is 0 Å². The second kappa shape index (κ2) is 5.71. The highest BCUT2D eigenvalue weighted by molar-refractivity contribution is 7.09. The highest BCUT2D eigenvalue weighted by Gasteiger charge is 2.31. The number of Topliss-reactive ketones (excluding diaryl/α,β-unsaturated/α-hetero) is 1. The van der Waals surface area contributed by atoms with Crippen LogP contribution in [0.3, 0.4) is 0 Å². The number of carbonyl (C=O) groups is 1. The van der Waals surface area contributed by atoms with Gasteiger partial charge in [-0.1, -0.05) is 6.07 Å². The van der Waals surface area contributed by atoms with E-state index in [1.807, 2.05) is 12.1 Å². The van der Waals surface area contributed by atoms with E-state index in [2.05, 4.69) is 22.4 Å². The summed E-state index contributed by atoms with van der Waals surface area (Å²) in [7, 11) is 0. The van der Waals surface area contributed by atoms with E-state index in [0.717, 1.165) is 25.1 Å². The molecule has 0 saturated heterocycles. The highest BCUT2D eigenvalue weighted by Crippen LogP contribution is 2.36. The third-order valence-corrected chi connectivity index (χ3v) is 4.57. The predicted molar refractivity (Wildman–Crippen MR) is 84.7 cm³/mol. The van der Waals surface area contributed by atoms with E-state index < -0.39 is 0 Å². The average Bonchev–Trinajstić information content (AvgIpc) is 3.20. The van der Waals surface area contributed by atoms with Gasteiger partial charge in [0.1, 0.15) is 0 Å². The third kappa shape index (κ3) is 2.98. The molecule has 0 amide bonds. The Hall–Kier alpha value is -2.12. The molecule has 0 N–H and O–H groups in total. The number of nitriles is 1. The number of carbonyl (C=O) groups excluding carboxylic acids is 1. The first-order chi connectivity index (χ1) is 10.2. The first kappa shape index (κ1) is 13.8. The lowest BCUT2D eigenvalue weighted by atomic mass is 10.0. The Morgan fingerprint density at radius 1 is 1.43 bits per heavy atom. The molecule has 1 aromatic carbocycles. The lowest BCUT2D eigenvalue weighted by molar-refractivity contribution is 0.101. The maximum absolute atomic E-state index is 11.9. The summed E-state index contributed by atoms with van der Waals surface area (Å²) in [6, 6.07) is 12.2. The van der Waals surface area contributed by atoms with Crippen molar-refractivity contribution >= 4 is 22.8 Å². The quantitative estimate of drug-likeness (QED) is 0.784. The van der Waals surface area contributed by atoms with Crippen LogP contribution in [0.2, 0.25) is 0 Å². The van der Waals surface area contributed by atoms with Crippen LogP contribution in [-0.2, 0) is 6.54 Å². The zero-order chi connectivity index (χ0) is 14.8. The molecule has 1 heterocycles. The molecule has 0 radical (unpaired) electrons. The number of benzene rings is 1. The molecule has 1 aliphatic carbocycles. The molecule has 4 heteroatoms. The van der Waals surface area contributed by atoms with Crippen LogP contribution in [0, 0.1) is 11.3 Å². The minimum Gasteiger partial charge on any atom is -0.363 e. The molecule has 3 rings (SSSR count). The standard InChI is InChI=1S/C17H16N2OS/c1-12(20)16-7-4-13(10-18)9-17(16)19(14-5-6-14)11-15-3-2-8-21-15/h2-4,7-9,14H,5-6,11H2,1H3. The van der Waals surface area contributed by atoms with Crippen LogP contribution >= 0.6 is 11.3 Å². The summed E-state index contributed by atoms with van der Waals surface area (Å²) in [5.74, 6) is 0.0475. The average molecular weight is 296 g/mol. The molecule has 2 aromatic rings. The van der Waals surface area contributed by atoms with Gasteiger partial charge in [-0.3, -0.25) is 4.79 Å². The van der Waals surface area contributed by atoms with Crippen molar-refractivity contribution < 1.29 is 4.79 Å². The molecule has 1 saturated carbocycles. The van der Waals surface area contributed by atoms with Crippen molar-refractivity contribution in [2.45, 2.75) is 32.4 Å². The highest BCUT2D eigenvalue weighted by atomic mass is 32.1. The Labute approximate surface area is 128 Å². The molecule has 3 nitrogen and oxygen atoms in total. The van der Waals surface area contributed by atoms with Crippen molar-refractivity contribution in [2.24, 2.45) is 0 Å². The number of hydrogen-bond donors (Lipinski definition) is 0. The predicted octanol–water partition coefficient (Wildman–Crippen LogP) is 3.99. The van der Waals surface area contributed by atoms with Crippen molar-refractivity contribution in [1.29, 1.82) is 5.26 Å². The summed E-state index contributed by atoms with van der Waals surface area (Å²) >= 11 is 1.72. The normalized spacial score (nSPS) is 13.7. The number of ketones is 1. The van der Waals surface area contributed by atoms with E-state index in [1.165, 1.54) is 4.88 Å². The van der Waals surface area contributed by atoms with Crippen LogP contribution < -0.4 is 4.90 Å². The van der Waals surface area contributed by atoms with E-state index in [4.69, 9.17) is 5.26 Å². The second-order valence-corrected chi connectivity index (χ2v) is 6.37. The molecule has 0 unspecified atom stereocenters. The van der Waals surface area contributed by atoms with Crippen LogP contribution in [0.5, 0.6) is 0 Å². The van der Waals surface area contributed by atoms with E-state index >= 15 is 0 Å². The summed E-state index contributed by atoms with van der Waals surface area (Å²) in [5, 5.41) is 11.2. The van der Waals surface area contributed by atoms with Crippen LogP contribution in [-0.4, -0.2) is 11.8 Å². The molecule has 106 valence electrons. The maximum Gasteiger partial charge on any atom is 0.161 e. The van der Waals surface area contributed by atoms with Crippen molar-refractivity contribution in [2.75, 3.05) is 4.90 Å². The van der Waals surface area contributed by atoms with Gasteiger partial charge in [-0.2, -0.15) is 5.26 Å². The molecule has 0 bridgehead atoms. The Balaban J connectivity index is 2.01. The molecule has 0 aliphatic heterocycles. The summed E-state index contributed by atoms with van der Waals surface area (Å²) in [6.45, 7) is 2.39. The van der Waals surface area contributed by atoms with Gasteiger partial charge in [0.2, 0.25) is 0 Å². The third-order valence-electron chi connectivity index (χ3n) is 3.71. The second-order valence-electron chi connectivity index (χ2n) is 5.34. The number of hydrogen-bond acceptors (Lipinski definition) is 4. The molecule has 0 atom stereocenters. The largest absolute Gasteiger partial charge is 0.363 e. The Morgan fingerprint density at radius 2 is 2.24 bits per heavy atom. The van der Waals surface area contributed by atoms with Crippen LogP contribution in [0.1, 0.15) is 40.6 Å². The van der Waals surface area contributed by atoms with Crippen LogP contribution in [0.4, 0.5) is 5.69 Å². The van der Waals surface area contributed by atoms with Gasteiger partial charge in [-0.15, -0.1) is 11.3 Å². The van der Waals surface area contributed by atoms with Crippen molar-refractivity contribution in [3.8, 4) is 6.07 Å². The SMILES string of the molecule is CC(=O)c1ccc(C#N)cc1N(Cc1cccs1)C1CC1. The van der Waals surface area contributed by atoms with Gasteiger partial charge in [0, 0.05) is 22.2 Å². The minimum absolute atomic E-state index is 0.0475. The molecular formula is C17H16N2OS. The fourth-order valence-electron chi connectivity index (χ4n) is 2.50. The molecular weight excluding hydrogens is 280 g/mol. The topological polar surface area (TPSA) is 44.1 Å². The first-order valence-corrected chi connectivity index (χ1v) is 7.91. The van der Waals surface area contributed by atoms with E-state index in [9.17, 15) is 4.79 Å². The van der Waals surface area contributed by atoms with E-state index in [1.54, 1.807) is 30.4 Å². The van der Waals surface area contributed by atoms with Gasteiger partial charge in [-0.05, 0) is 49.4 Å². The zero-order valence-corrected chi connectivity index (χ0v) is 12.7. The lowest BCUT2D eigenvalue weighted by Gasteiger charge is -2.26. The van der Waals surface area contributed by atoms with Crippen LogP contribution in [0.25, 0.3) is 0 Å². The number of rotatable bonds is 5. The summed E-state index contributed by atoms with van der Waals surface area (Å²) in [4.78, 5) is 15.5. The van der Waals surface area contributed by atoms with Gasteiger partial charge in [0.05, 0.1) is 18.2 Å². The van der Waals surface area contributed by atoms with Crippen molar-refractivity contribution in [3.63, 3.8) is 0 Å². The summed E-state index contributed by atoms with van der Waals surface area (Å²) in [6.07, 6.45) is 2.30. The molecule has 0 spiro atoms. The molecule has 1 aromatic heterocycles. The Bertz CT molecular complexity index is 696. The fourth-order valence-corrected chi connectivity index (χ4v) is 3.21. The number of anilines is 1. The van der Waals surface area contributed by atoms with Gasteiger partial charge in [0.15, 0.2) is 5.78 Å². The zero-order valence-electron chi connectivity index (χ0n) is 11.9. The Morgan fingerprint density at radius 3 is 2.81 bits per heavy atom.